The van der Waals surface area contributed by atoms with Crippen molar-refractivity contribution in [2.24, 2.45) is 11.1 Å². The average Bonchev–Trinajstić information content (AvgIpc) is 2.29. The first kappa shape index (κ1) is 14.4. The minimum absolute atomic E-state index is 0.0553. The third-order valence-corrected chi connectivity index (χ3v) is 4.16. The Morgan fingerprint density at radius 2 is 2.06 bits per heavy atom. The lowest BCUT2D eigenvalue weighted by Crippen LogP contribution is -2.49. The van der Waals surface area contributed by atoms with E-state index in [0.29, 0.717) is 11.6 Å². The number of hydrogen-bond acceptors (Lipinski definition) is 4. The molecule has 0 aliphatic carbocycles. The highest BCUT2D eigenvalue weighted by Gasteiger charge is 2.35. The Morgan fingerprint density at radius 3 is 2.47 bits per heavy atom. The molecule has 0 spiro atoms. The lowest BCUT2D eigenvalue weighted by Gasteiger charge is -2.40. The van der Waals surface area contributed by atoms with Crippen LogP contribution in [0, 0.1) is 5.41 Å². The monoisotopic (exact) mass is 258 g/mol. The predicted molar refractivity (Wildman–Crippen MR) is 71.8 cm³/mol. The van der Waals surface area contributed by atoms with Gasteiger partial charge in [0, 0.05) is 5.41 Å². The fraction of sp³-hybridized carbons (Fsp3) is 0.833. The molecule has 1 rings (SSSR count). The predicted octanol–water partition coefficient (Wildman–Crippen LogP) is 1.33. The molecule has 0 aromatic rings. The summed E-state index contributed by atoms with van der Waals surface area (Å²) in [4.78, 5) is 14.3. The largest absolute Gasteiger partial charge is 0.465 e. The van der Waals surface area contributed by atoms with Crippen LogP contribution in [0.3, 0.4) is 0 Å². The fourth-order valence-electron chi connectivity index (χ4n) is 2.06. The van der Waals surface area contributed by atoms with Crippen molar-refractivity contribution >= 4 is 23.2 Å². The molecule has 1 fully saturated rings. The van der Waals surface area contributed by atoms with Gasteiger partial charge in [0.15, 0.2) is 0 Å². The third kappa shape index (κ3) is 3.39. The second kappa shape index (κ2) is 5.78. The molecular weight excluding hydrogens is 236 g/mol. The zero-order valence-electron chi connectivity index (χ0n) is 10.9. The molecule has 1 aliphatic rings. The first-order valence-electron chi connectivity index (χ1n) is 6.11. The van der Waals surface area contributed by atoms with Gasteiger partial charge in [0.2, 0.25) is 0 Å². The van der Waals surface area contributed by atoms with Crippen LogP contribution in [0.15, 0.2) is 0 Å². The van der Waals surface area contributed by atoms with Crippen LogP contribution in [0.25, 0.3) is 0 Å². The molecule has 1 saturated heterocycles. The SMILES string of the molecule is CCOC(=O)C(C)N1CCC(C)(C(N)=S)CC1. The zero-order chi connectivity index (χ0) is 13.1. The van der Waals surface area contributed by atoms with Crippen LogP contribution in [0.4, 0.5) is 0 Å². The minimum atomic E-state index is -0.175. The van der Waals surface area contributed by atoms with Crippen LogP contribution in [0.1, 0.15) is 33.6 Å². The summed E-state index contributed by atoms with van der Waals surface area (Å²) < 4.78 is 5.03. The van der Waals surface area contributed by atoms with Gasteiger partial charge in [0.1, 0.15) is 6.04 Å². The van der Waals surface area contributed by atoms with Crippen molar-refractivity contribution in [3.05, 3.63) is 0 Å². The lowest BCUT2D eigenvalue weighted by molar-refractivity contribution is -0.149. The number of rotatable bonds is 4. The summed E-state index contributed by atoms with van der Waals surface area (Å²) in [7, 11) is 0. The first-order valence-corrected chi connectivity index (χ1v) is 6.52. The molecular formula is C12H22N2O2S. The highest BCUT2D eigenvalue weighted by Crippen LogP contribution is 2.31. The van der Waals surface area contributed by atoms with Crippen LogP contribution in [0.2, 0.25) is 0 Å². The second-order valence-electron chi connectivity index (χ2n) is 4.89. The number of ether oxygens (including phenoxy) is 1. The van der Waals surface area contributed by atoms with Gasteiger partial charge in [-0.2, -0.15) is 0 Å². The fourth-order valence-corrected chi connectivity index (χ4v) is 2.27. The molecule has 98 valence electrons. The number of piperidine rings is 1. The molecule has 0 bridgehead atoms. The molecule has 1 atom stereocenters. The summed E-state index contributed by atoms with van der Waals surface area (Å²) in [6.45, 7) is 7.93. The molecule has 0 amide bonds. The summed E-state index contributed by atoms with van der Waals surface area (Å²) in [5.41, 5.74) is 5.70. The Balaban J connectivity index is 2.52. The van der Waals surface area contributed by atoms with Gasteiger partial charge in [0.05, 0.1) is 11.6 Å². The molecule has 1 heterocycles. The van der Waals surface area contributed by atoms with Gasteiger partial charge in [-0.05, 0) is 39.8 Å². The van der Waals surface area contributed by atoms with E-state index in [1.54, 1.807) is 0 Å². The maximum atomic E-state index is 11.6. The number of nitrogens with zero attached hydrogens (tertiary/aromatic N) is 1. The van der Waals surface area contributed by atoms with Crippen LogP contribution in [-0.4, -0.2) is 41.6 Å². The Hall–Kier alpha value is -0.680. The summed E-state index contributed by atoms with van der Waals surface area (Å²) in [5.74, 6) is -0.147. The molecule has 1 unspecified atom stereocenters. The van der Waals surface area contributed by atoms with Gasteiger partial charge >= 0.3 is 5.97 Å². The zero-order valence-corrected chi connectivity index (χ0v) is 11.7. The number of carbonyl (C=O) groups excluding carboxylic acids is 1. The normalized spacial score (nSPS) is 21.8. The van der Waals surface area contributed by atoms with Crippen molar-refractivity contribution in [3.8, 4) is 0 Å². The maximum absolute atomic E-state index is 11.6. The van der Waals surface area contributed by atoms with Gasteiger partial charge < -0.3 is 10.5 Å². The highest BCUT2D eigenvalue weighted by atomic mass is 32.1. The van der Waals surface area contributed by atoms with E-state index in [1.165, 1.54) is 0 Å². The average molecular weight is 258 g/mol. The summed E-state index contributed by atoms with van der Waals surface area (Å²) in [6, 6.07) is -0.175. The van der Waals surface area contributed by atoms with Crippen molar-refractivity contribution in [1.82, 2.24) is 4.90 Å². The van der Waals surface area contributed by atoms with Crippen LogP contribution < -0.4 is 5.73 Å². The number of esters is 1. The minimum Gasteiger partial charge on any atom is -0.465 e. The molecule has 1 aliphatic heterocycles. The van der Waals surface area contributed by atoms with E-state index in [2.05, 4.69) is 11.8 Å². The topological polar surface area (TPSA) is 55.6 Å². The number of nitrogens with two attached hydrogens (primary N) is 1. The van der Waals surface area contributed by atoms with E-state index in [0.717, 1.165) is 25.9 Å². The molecule has 0 aromatic carbocycles. The number of hydrogen-bond donors (Lipinski definition) is 1. The summed E-state index contributed by atoms with van der Waals surface area (Å²) >= 11 is 5.09. The first-order chi connectivity index (χ1) is 7.90. The van der Waals surface area contributed by atoms with Crippen molar-refractivity contribution in [3.63, 3.8) is 0 Å². The molecule has 17 heavy (non-hydrogen) atoms. The number of likely N-dealkylation sites (tertiary alicyclic amines) is 1. The Bertz CT molecular complexity index is 299. The van der Waals surface area contributed by atoms with Crippen molar-refractivity contribution in [2.75, 3.05) is 19.7 Å². The lowest BCUT2D eigenvalue weighted by atomic mass is 9.80. The van der Waals surface area contributed by atoms with Crippen LogP contribution in [0.5, 0.6) is 0 Å². The molecule has 0 radical (unpaired) electrons. The second-order valence-corrected chi connectivity index (χ2v) is 5.33. The number of carbonyl (C=O) groups is 1. The van der Waals surface area contributed by atoms with E-state index in [4.69, 9.17) is 22.7 Å². The van der Waals surface area contributed by atoms with E-state index >= 15 is 0 Å². The smallest absolute Gasteiger partial charge is 0.323 e. The van der Waals surface area contributed by atoms with Gasteiger partial charge in [-0.15, -0.1) is 0 Å². The highest BCUT2D eigenvalue weighted by molar-refractivity contribution is 7.80. The summed E-state index contributed by atoms with van der Waals surface area (Å²) in [5, 5.41) is 0. The maximum Gasteiger partial charge on any atom is 0.323 e. The summed E-state index contributed by atoms with van der Waals surface area (Å²) in [6.07, 6.45) is 1.82. The molecule has 0 saturated carbocycles. The standard InChI is InChI=1S/C12H22N2O2S/c1-4-16-10(15)9(2)14-7-5-12(3,6-8-14)11(13)17/h9H,4-8H2,1-3H3,(H2,13,17). The van der Waals surface area contributed by atoms with Gasteiger partial charge in [-0.1, -0.05) is 19.1 Å². The third-order valence-electron chi connectivity index (χ3n) is 3.67. The van der Waals surface area contributed by atoms with E-state index in [9.17, 15) is 4.79 Å². The molecule has 5 heteroatoms. The van der Waals surface area contributed by atoms with E-state index in [1.807, 2.05) is 13.8 Å². The molecule has 0 aromatic heterocycles. The molecule has 4 nitrogen and oxygen atoms in total. The van der Waals surface area contributed by atoms with Crippen molar-refractivity contribution in [1.29, 1.82) is 0 Å². The van der Waals surface area contributed by atoms with Crippen LogP contribution in [-0.2, 0) is 9.53 Å². The Labute approximate surface area is 108 Å². The van der Waals surface area contributed by atoms with Crippen molar-refractivity contribution < 1.29 is 9.53 Å². The van der Waals surface area contributed by atoms with Crippen molar-refractivity contribution in [2.45, 2.75) is 39.7 Å². The van der Waals surface area contributed by atoms with E-state index in [-0.39, 0.29) is 17.4 Å². The number of thiocarbonyl (C=S) groups is 1. The van der Waals surface area contributed by atoms with E-state index < -0.39 is 0 Å². The van der Waals surface area contributed by atoms with Gasteiger partial charge in [0.25, 0.3) is 0 Å². The molecule has 2 N–H and O–H groups in total. The Morgan fingerprint density at radius 1 is 1.53 bits per heavy atom. The van der Waals surface area contributed by atoms with Gasteiger partial charge in [-0.3, -0.25) is 9.69 Å². The van der Waals surface area contributed by atoms with Gasteiger partial charge in [-0.25, -0.2) is 0 Å². The van der Waals surface area contributed by atoms with Crippen LogP contribution >= 0.6 is 12.2 Å². The Kier molecular flexibility index (Phi) is 4.89. The quantitative estimate of drug-likeness (QED) is 0.609.